The lowest BCUT2D eigenvalue weighted by Gasteiger charge is -2.26. The van der Waals surface area contributed by atoms with Crippen LogP contribution in [0.5, 0.6) is 0 Å². The van der Waals surface area contributed by atoms with Gasteiger partial charge < -0.3 is 4.74 Å². The highest BCUT2D eigenvalue weighted by molar-refractivity contribution is 7.79. The average molecular weight is 325 g/mol. The van der Waals surface area contributed by atoms with Gasteiger partial charge in [-0.2, -0.15) is 8.42 Å². The lowest BCUT2D eigenvalue weighted by Crippen LogP contribution is -2.36. The van der Waals surface area contributed by atoms with E-state index in [2.05, 4.69) is 11.8 Å². The van der Waals surface area contributed by atoms with Gasteiger partial charge in [-0.15, -0.1) is 0 Å². The van der Waals surface area contributed by atoms with Gasteiger partial charge in [0.25, 0.3) is 0 Å². The molecule has 1 saturated heterocycles. The second-order valence-electron chi connectivity index (χ2n) is 5.38. The van der Waals surface area contributed by atoms with Crippen LogP contribution in [0.2, 0.25) is 0 Å². The lowest BCUT2D eigenvalue weighted by atomic mass is 10.1. The maximum atomic E-state index is 8.74. The molecule has 1 aliphatic heterocycles. The molecule has 0 aromatic carbocycles. The van der Waals surface area contributed by atoms with E-state index in [-0.39, 0.29) is 0 Å². The summed E-state index contributed by atoms with van der Waals surface area (Å²) in [6.45, 7) is 7.75. The Hall–Kier alpha value is -0.210. The monoisotopic (exact) mass is 325 g/mol. The van der Waals surface area contributed by atoms with Crippen molar-refractivity contribution in [2.75, 3.05) is 32.8 Å². The first kappa shape index (κ1) is 20.8. The van der Waals surface area contributed by atoms with Crippen molar-refractivity contribution < 1.29 is 22.3 Å². The minimum absolute atomic E-state index is 0.941. The molecule has 0 radical (unpaired) electrons. The van der Waals surface area contributed by atoms with E-state index in [1.807, 2.05) is 0 Å². The van der Waals surface area contributed by atoms with Gasteiger partial charge in [-0.3, -0.25) is 14.0 Å². The molecule has 0 aromatic rings. The van der Waals surface area contributed by atoms with Crippen LogP contribution in [-0.4, -0.2) is 55.3 Å². The van der Waals surface area contributed by atoms with E-state index in [0.29, 0.717) is 0 Å². The van der Waals surface area contributed by atoms with Crippen LogP contribution >= 0.6 is 0 Å². The first-order valence-corrected chi connectivity index (χ1v) is 9.33. The molecule has 1 rings (SSSR count). The fourth-order valence-corrected chi connectivity index (χ4v) is 2.29. The van der Waals surface area contributed by atoms with Gasteiger partial charge in [0.05, 0.1) is 13.2 Å². The molecular weight excluding hydrogens is 294 g/mol. The van der Waals surface area contributed by atoms with Crippen molar-refractivity contribution in [3.05, 3.63) is 0 Å². The topological polar surface area (TPSA) is 87.1 Å². The van der Waals surface area contributed by atoms with Crippen molar-refractivity contribution >= 4 is 10.4 Å². The van der Waals surface area contributed by atoms with E-state index in [0.717, 1.165) is 26.3 Å². The summed E-state index contributed by atoms with van der Waals surface area (Å²) in [5.41, 5.74) is 0. The quantitative estimate of drug-likeness (QED) is 0.501. The highest BCUT2D eigenvalue weighted by Gasteiger charge is 2.08. The largest absolute Gasteiger partial charge is 0.394 e. The van der Waals surface area contributed by atoms with Crippen LogP contribution < -0.4 is 0 Å². The zero-order chi connectivity index (χ0) is 16.0. The van der Waals surface area contributed by atoms with E-state index >= 15 is 0 Å². The van der Waals surface area contributed by atoms with Crippen LogP contribution in [-0.2, 0) is 15.1 Å². The fourth-order valence-electron chi connectivity index (χ4n) is 2.29. The van der Waals surface area contributed by atoms with Gasteiger partial charge in [-0.1, -0.05) is 51.9 Å². The zero-order valence-electron chi connectivity index (χ0n) is 13.2. The highest BCUT2D eigenvalue weighted by atomic mass is 32.3. The summed E-state index contributed by atoms with van der Waals surface area (Å²) < 4.78 is 36.9. The number of nitrogens with zero attached hydrogens (tertiary/aromatic N) is 1. The van der Waals surface area contributed by atoms with Crippen LogP contribution in [0.4, 0.5) is 0 Å². The number of morpholine rings is 1. The number of rotatable bonds is 9. The predicted molar refractivity (Wildman–Crippen MR) is 84.0 cm³/mol. The van der Waals surface area contributed by atoms with Crippen LogP contribution in [0.1, 0.15) is 58.3 Å². The molecule has 6 nitrogen and oxygen atoms in total. The van der Waals surface area contributed by atoms with Gasteiger partial charge in [-0.05, 0) is 13.0 Å². The van der Waals surface area contributed by atoms with Crippen LogP contribution in [0.3, 0.4) is 0 Å². The van der Waals surface area contributed by atoms with Gasteiger partial charge in [0.2, 0.25) is 0 Å². The fraction of sp³-hybridized carbons (Fsp3) is 1.00. The molecule has 0 unspecified atom stereocenters. The first-order chi connectivity index (χ1) is 9.93. The standard InChI is InChI=1S/C14H29NO.H2O4S/c1-2-3-4-5-6-7-8-9-10-15-11-13-16-14-12-15;1-5(2,3)4/h2-14H2,1H3;(H2,1,2,3,4). The number of unbranched alkanes of at least 4 members (excludes halogenated alkanes) is 7. The zero-order valence-corrected chi connectivity index (χ0v) is 14.0. The minimum atomic E-state index is -4.67. The first-order valence-electron chi connectivity index (χ1n) is 7.93. The molecule has 0 amide bonds. The highest BCUT2D eigenvalue weighted by Crippen LogP contribution is 2.09. The lowest BCUT2D eigenvalue weighted by molar-refractivity contribution is 0.0371. The predicted octanol–water partition coefficient (Wildman–Crippen LogP) is 2.81. The Morgan fingerprint density at radius 2 is 1.33 bits per heavy atom. The molecule has 0 bridgehead atoms. The molecule has 0 aliphatic carbocycles. The van der Waals surface area contributed by atoms with Gasteiger partial charge in [-0.25, -0.2) is 0 Å². The van der Waals surface area contributed by atoms with Gasteiger partial charge in [0, 0.05) is 13.1 Å². The third-order valence-electron chi connectivity index (χ3n) is 3.43. The van der Waals surface area contributed by atoms with E-state index in [9.17, 15) is 0 Å². The number of hydrogen-bond donors (Lipinski definition) is 2. The second kappa shape index (κ2) is 13.5. The molecular formula is C14H31NO5S. The molecule has 7 heteroatoms. The maximum Gasteiger partial charge on any atom is 0.394 e. The maximum absolute atomic E-state index is 8.74. The van der Waals surface area contributed by atoms with Crippen molar-refractivity contribution in [1.29, 1.82) is 0 Å². The summed E-state index contributed by atoms with van der Waals surface area (Å²) in [6, 6.07) is 0. The number of hydrogen-bond acceptors (Lipinski definition) is 4. The van der Waals surface area contributed by atoms with Crippen molar-refractivity contribution in [3.8, 4) is 0 Å². The molecule has 128 valence electrons. The van der Waals surface area contributed by atoms with E-state index in [1.54, 1.807) is 0 Å². The molecule has 0 spiro atoms. The minimum Gasteiger partial charge on any atom is -0.379 e. The summed E-state index contributed by atoms with van der Waals surface area (Å²) in [4.78, 5) is 2.54. The molecule has 21 heavy (non-hydrogen) atoms. The van der Waals surface area contributed by atoms with E-state index in [4.69, 9.17) is 22.3 Å². The smallest absolute Gasteiger partial charge is 0.379 e. The molecule has 2 N–H and O–H groups in total. The van der Waals surface area contributed by atoms with E-state index in [1.165, 1.54) is 57.9 Å². The van der Waals surface area contributed by atoms with Crippen LogP contribution in [0.15, 0.2) is 0 Å². The van der Waals surface area contributed by atoms with Crippen molar-refractivity contribution in [2.45, 2.75) is 58.3 Å². The molecule has 0 saturated carbocycles. The third kappa shape index (κ3) is 19.8. The second-order valence-corrected chi connectivity index (χ2v) is 6.27. The van der Waals surface area contributed by atoms with Crippen molar-refractivity contribution in [3.63, 3.8) is 0 Å². The Morgan fingerprint density at radius 3 is 1.81 bits per heavy atom. The molecule has 0 atom stereocenters. The Bertz CT molecular complexity index is 307. The Balaban J connectivity index is 0.000000690. The Morgan fingerprint density at radius 1 is 0.905 bits per heavy atom. The number of ether oxygens (including phenoxy) is 1. The van der Waals surface area contributed by atoms with Crippen LogP contribution in [0, 0.1) is 0 Å². The molecule has 0 aromatic heterocycles. The summed E-state index contributed by atoms with van der Waals surface area (Å²) in [5.74, 6) is 0. The van der Waals surface area contributed by atoms with Crippen molar-refractivity contribution in [2.24, 2.45) is 0 Å². The molecule has 1 aliphatic rings. The van der Waals surface area contributed by atoms with Gasteiger partial charge in [0.15, 0.2) is 0 Å². The van der Waals surface area contributed by atoms with Gasteiger partial charge >= 0.3 is 10.4 Å². The molecule has 1 fully saturated rings. The Kier molecular flexibility index (Phi) is 13.3. The Labute approximate surface area is 129 Å². The summed E-state index contributed by atoms with van der Waals surface area (Å²) >= 11 is 0. The van der Waals surface area contributed by atoms with Crippen LogP contribution in [0.25, 0.3) is 0 Å². The normalized spacial score (nSPS) is 16.3. The van der Waals surface area contributed by atoms with E-state index < -0.39 is 10.4 Å². The van der Waals surface area contributed by atoms with Gasteiger partial charge in [0.1, 0.15) is 0 Å². The summed E-state index contributed by atoms with van der Waals surface area (Å²) in [7, 11) is -4.67. The summed E-state index contributed by atoms with van der Waals surface area (Å²) in [6.07, 6.45) is 11.4. The average Bonchev–Trinajstić information content (AvgIpc) is 2.41. The molecule has 1 heterocycles. The SMILES string of the molecule is CCCCCCCCCCN1CCOCC1.O=S(=O)(O)O. The van der Waals surface area contributed by atoms with Crippen molar-refractivity contribution in [1.82, 2.24) is 4.90 Å². The third-order valence-corrected chi connectivity index (χ3v) is 3.43. The summed E-state index contributed by atoms with van der Waals surface area (Å²) in [5, 5.41) is 0.